The van der Waals surface area contributed by atoms with Crippen LogP contribution in [0.4, 0.5) is 17.6 Å². The second-order valence-electron chi connectivity index (χ2n) is 5.22. The summed E-state index contributed by atoms with van der Waals surface area (Å²) in [5.41, 5.74) is -1.24. The van der Waals surface area contributed by atoms with Gasteiger partial charge in [0.2, 0.25) is 5.91 Å². The van der Waals surface area contributed by atoms with Crippen molar-refractivity contribution in [3.05, 3.63) is 59.3 Å². The van der Waals surface area contributed by atoms with Crippen molar-refractivity contribution in [1.82, 2.24) is 10.6 Å². The van der Waals surface area contributed by atoms with Crippen LogP contribution in [0.15, 0.2) is 41.2 Å². The number of carbonyl (C=O) groups is 2. The highest BCUT2D eigenvalue weighted by atomic mass is 19.4. The Hall–Kier alpha value is -2.84. The molecule has 1 heterocycles. The van der Waals surface area contributed by atoms with Crippen molar-refractivity contribution in [2.24, 2.45) is 0 Å². The smallest absolute Gasteiger partial charge is 0.416 e. The topological polar surface area (TPSA) is 71.3 Å². The van der Waals surface area contributed by atoms with Gasteiger partial charge in [-0.05, 0) is 30.7 Å². The van der Waals surface area contributed by atoms with Crippen molar-refractivity contribution in [2.75, 3.05) is 0 Å². The summed E-state index contributed by atoms with van der Waals surface area (Å²) in [5.74, 6) is -2.27. The Bertz CT molecular complexity index is 757. The number of nitrogens with one attached hydrogen (secondary N) is 2. The first-order valence-electron chi connectivity index (χ1n) is 7.15. The molecule has 0 radical (unpaired) electrons. The lowest BCUT2D eigenvalue weighted by Crippen LogP contribution is -2.44. The molecule has 0 fully saturated rings. The predicted molar refractivity (Wildman–Crippen MR) is 78.9 cm³/mol. The van der Waals surface area contributed by atoms with Crippen LogP contribution in [0.3, 0.4) is 0 Å². The number of carbonyl (C=O) groups excluding carboxylic acids is 2. The number of amides is 2. The fourth-order valence-corrected chi connectivity index (χ4v) is 2.04. The van der Waals surface area contributed by atoms with Gasteiger partial charge in [0.15, 0.2) is 0 Å². The number of halogens is 4. The van der Waals surface area contributed by atoms with Gasteiger partial charge in [0.05, 0.1) is 17.4 Å². The van der Waals surface area contributed by atoms with Crippen molar-refractivity contribution in [2.45, 2.75) is 25.7 Å². The lowest BCUT2D eigenvalue weighted by molar-refractivity contribution is -0.138. The second-order valence-corrected chi connectivity index (χ2v) is 5.22. The van der Waals surface area contributed by atoms with E-state index in [-0.39, 0.29) is 11.1 Å². The molecule has 2 aromatic rings. The maximum Gasteiger partial charge on any atom is 0.416 e. The SMILES string of the molecule is C[C@@H](NC(=O)c1ccoc1)C(=O)NCc1ccc(F)cc1C(F)(F)F. The number of hydrogen-bond acceptors (Lipinski definition) is 3. The van der Waals surface area contributed by atoms with E-state index in [9.17, 15) is 27.2 Å². The normalized spacial score (nSPS) is 12.5. The third-order valence-corrected chi connectivity index (χ3v) is 3.35. The third kappa shape index (κ3) is 4.82. The summed E-state index contributed by atoms with van der Waals surface area (Å²) < 4.78 is 56.5. The Morgan fingerprint density at radius 3 is 2.56 bits per heavy atom. The van der Waals surface area contributed by atoms with Gasteiger partial charge < -0.3 is 15.1 Å². The number of alkyl halides is 3. The van der Waals surface area contributed by atoms with Crippen LogP contribution in [-0.4, -0.2) is 17.9 Å². The molecule has 134 valence electrons. The molecule has 1 aromatic heterocycles. The fourth-order valence-electron chi connectivity index (χ4n) is 2.04. The number of benzene rings is 1. The van der Waals surface area contributed by atoms with E-state index < -0.39 is 42.0 Å². The van der Waals surface area contributed by atoms with E-state index in [2.05, 4.69) is 10.6 Å². The van der Waals surface area contributed by atoms with E-state index >= 15 is 0 Å². The van der Waals surface area contributed by atoms with Crippen LogP contribution in [0.5, 0.6) is 0 Å². The molecule has 2 N–H and O–H groups in total. The van der Waals surface area contributed by atoms with Crippen molar-refractivity contribution < 1.29 is 31.6 Å². The zero-order chi connectivity index (χ0) is 18.6. The molecular formula is C16H14F4N2O3. The predicted octanol–water partition coefficient (Wildman–Crippen LogP) is 2.87. The second kappa shape index (κ2) is 7.37. The molecule has 5 nitrogen and oxygen atoms in total. The van der Waals surface area contributed by atoms with E-state index in [1.807, 2.05) is 0 Å². The molecule has 1 aromatic carbocycles. The third-order valence-electron chi connectivity index (χ3n) is 3.35. The van der Waals surface area contributed by atoms with Crippen molar-refractivity contribution >= 4 is 11.8 Å². The average Bonchev–Trinajstić information content (AvgIpc) is 3.06. The van der Waals surface area contributed by atoms with Crippen LogP contribution in [0.1, 0.15) is 28.4 Å². The van der Waals surface area contributed by atoms with Gasteiger partial charge in [0.1, 0.15) is 18.1 Å². The Morgan fingerprint density at radius 2 is 1.96 bits per heavy atom. The largest absolute Gasteiger partial charge is 0.472 e. The lowest BCUT2D eigenvalue weighted by atomic mass is 10.1. The molecule has 2 rings (SSSR count). The van der Waals surface area contributed by atoms with Crippen LogP contribution in [0.2, 0.25) is 0 Å². The zero-order valence-electron chi connectivity index (χ0n) is 13.0. The van der Waals surface area contributed by atoms with Crippen LogP contribution in [0, 0.1) is 5.82 Å². The van der Waals surface area contributed by atoms with Gasteiger partial charge in [-0.2, -0.15) is 13.2 Å². The summed E-state index contributed by atoms with van der Waals surface area (Å²) in [5, 5.41) is 4.66. The Balaban J connectivity index is 1.99. The van der Waals surface area contributed by atoms with Crippen LogP contribution in [-0.2, 0) is 17.5 Å². The first kappa shape index (κ1) is 18.5. The maximum absolute atomic E-state index is 13.0. The molecule has 0 saturated carbocycles. The first-order valence-corrected chi connectivity index (χ1v) is 7.15. The Labute approximate surface area is 140 Å². The number of rotatable bonds is 5. The van der Waals surface area contributed by atoms with E-state index in [1.54, 1.807) is 0 Å². The standard InChI is InChI=1S/C16H14F4N2O3/c1-9(22-15(24)11-4-5-25-8-11)14(23)21-7-10-2-3-12(17)6-13(10)16(18,19)20/h2-6,8-9H,7H2,1H3,(H,21,23)(H,22,24)/t9-/m1/s1. The van der Waals surface area contributed by atoms with Gasteiger partial charge in [0, 0.05) is 6.54 Å². The van der Waals surface area contributed by atoms with Crippen LogP contribution >= 0.6 is 0 Å². The van der Waals surface area contributed by atoms with E-state index in [1.165, 1.54) is 25.5 Å². The fraction of sp³-hybridized carbons (Fsp3) is 0.250. The molecular weight excluding hydrogens is 344 g/mol. The van der Waals surface area contributed by atoms with E-state index in [0.717, 1.165) is 12.1 Å². The van der Waals surface area contributed by atoms with E-state index in [4.69, 9.17) is 4.42 Å². The molecule has 0 unspecified atom stereocenters. The number of furan rings is 1. The molecule has 2 amide bonds. The molecule has 0 saturated heterocycles. The molecule has 25 heavy (non-hydrogen) atoms. The minimum atomic E-state index is -4.75. The molecule has 0 bridgehead atoms. The highest BCUT2D eigenvalue weighted by molar-refractivity contribution is 5.97. The summed E-state index contributed by atoms with van der Waals surface area (Å²) in [6, 6.07) is 2.60. The molecule has 0 spiro atoms. The van der Waals surface area contributed by atoms with Gasteiger partial charge in [-0.3, -0.25) is 9.59 Å². The van der Waals surface area contributed by atoms with Gasteiger partial charge in [-0.25, -0.2) is 4.39 Å². The highest BCUT2D eigenvalue weighted by Crippen LogP contribution is 2.32. The lowest BCUT2D eigenvalue weighted by Gasteiger charge is -2.16. The molecule has 0 aliphatic rings. The zero-order valence-corrected chi connectivity index (χ0v) is 13.0. The van der Waals surface area contributed by atoms with Gasteiger partial charge in [0.25, 0.3) is 5.91 Å². The summed E-state index contributed by atoms with van der Waals surface area (Å²) in [7, 11) is 0. The highest BCUT2D eigenvalue weighted by Gasteiger charge is 2.33. The van der Waals surface area contributed by atoms with Gasteiger partial charge in [-0.1, -0.05) is 6.07 Å². The van der Waals surface area contributed by atoms with Gasteiger partial charge >= 0.3 is 6.18 Å². The molecule has 0 aliphatic heterocycles. The quantitative estimate of drug-likeness (QED) is 0.808. The molecule has 9 heteroatoms. The molecule has 1 atom stereocenters. The van der Waals surface area contributed by atoms with Crippen LogP contribution in [0.25, 0.3) is 0 Å². The first-order chi connectivity index (χ1) is 11.7. The number of hydrogen-bond donors (Lipinski definition) is 2. The summed E-state index contributed by atoms with van der Waals surface area (Å²) in [4.78, 5) is 23.7. The van der Waals surface area contributed by atoms with Gasteiger partial charge in [-0.15, -0.1) is 0 Å². The van der Waals surface area contributed by atoms with Crippen molar-refractivity contribution in [3.63, 3.8) is 0 Å². The Kier molecular flexibility index (Phi) is 5.45. The summed E-state index contributed by atoms with van der Waals surface area (Å²) >= 11 is 0. The average molecular weight is 358 g/mol. The Morgan fingerprint density at radius 1 is 1.24 bits per heavy atom. The minimum Gasteiger partial charge on any atom is -0.472 e. The van der Waals surface area contributed by atoms with Crippen molar-refractivity contribution in [3.8, 4) is 0 Å². The summed E-state index contributed by atoms with van der Waals surface area (Å²) in [6.07, 6.45) is -2.27. The maximum atomic E-state index is 13.0. The van der Waals surface area contributed by atoms with Crippen molar-refractivity contribution in [1.29, 1.82) is 0 Å². The van der Waals surface area contributed by atoms with E-state index in [0.29, 0.717) is 6.07 Å². The summed E-state index contributed by atoms with van der Waals surface area (Å²) in [6.45, 7) is 0.919. The monoisotopic (exact) mass is 358 g/mol. The molecule has 0 aliphatic carbocycles. The van der Waals surface area contributed by atoms with Crippen LogP contribution < -0.4 is 10.6 Å². The minimum absolute atomic E-state index is 0.206.